The minimum atomic E-state index is -0.842. The van der Waals surface area contributed by atoms with E-state index in [2.05, 4.69) is 15.5 Å². The fourth-order valence-electron chi connectivity index (χ4n) is 2.13. The molecule has 1 unspecified atom stereocenters. The van der Waals surface area contributed by atoms with Crippen molar-refractivity contribution in [3.8, 4) is 0 Å². The Kier molecular flexibility index (Phi) is 4.97. The van der Waals surface area contributed by atoms with Gasteiger partial charge in [-0.3, -0.25) is 4.79 Å². The number of aliphatic carboxylic acids is 1. The first kappa shape index (κ1) is 15.1. The number of rotatable bonds is 7. The summed E-state index contributed by atoms with van der Waals surface area (Å²) in [6.45, 7) is 2.34. The number of hydrogen-bond donors (Lipinski definition) is 1. The van der Waals surface area contributed by atoms with Crippen LogP contribution in [0, 0.1) is 11.7 Å². The summed E-state index contributed by atoms with van der Waals surface area (Å²) >= 11 is 0. The number of hydrogen-bond acceptors (Lipinski definition) is 4. The summed E-state index contributed by atoms with van der Waals surface area (Å²) in [5.41, 5.74) is 0.514. The third-order valence-electron chi connectivity index (χ3n) is 3.38. The Morgan fingerprint density at radius 3 is 2.86 bits per heavy atom. The van der Waals surface area contributed by atoms with Gasteiger partial charge in [0.25, 0.3) is 0 Å². The molecular formula is C14H17FN4O2. The Hall–Kier alpha value is -2.31. The van der Waals surface area contributed by atoms with E-state index in [0.717, 1.165) is 0 Å². The number of tetrazole rings is 1. The molecule has 6 nitrogen and oxygen atoms in total. The van der Waals surface area contributed by atoms with Crippen molar-refractivity contribution in [2.75, 3.05) is 0 Å². The predicted octanol–water partition coefficient (Wildman–Crippen LogP) is 1.90. The third-order valence-corrected chi connectivity index (χ3v) is 3.38. The van der Waals surface area contributed by atoms with Gasteiger partial charge in [-0.15, -0.1) is 5.10 Å². The van der Waals surface area contributed by atoms with Gasteiger partial charge in [0.15, 0.2) is 5.82 Å². The lowest BCUT2D eigenvalue weighted by Crippen LogP contribution is -2.17. The highest BCUT2D eigenvalue weighted by atomic mass is 19.1. The standard InChI is InChI=1S/C14H17FN4O2/c1-2-10(7-14(20)21)9-19-13(16-17-18-19)8-11-5-3-4-6-12(11)15/h3-6,10H,2,7-9H2,1H3,(H,20,21). The first-order valence-electron chi connectivity index (χ1n) is 6.80. The van der Waals surface area contributed by atoms with Crippen LogP contribution in [0.3, 0.4) is 0 Å². The molecule has 2 rings (SSSR count). The van der Waals surface area contributed by atoms with Gasteiger partial charge in [-0.25, -0.2) is 9.07 Å². The zero-order valence-electron chi connectivity index (χ0n) is 11.7. The van der Waals surface area contributed by atoms with Crippen LogP contribution in [-0.4, -0.2) is 31.3 Å². The third kappa shape index (κ3) is 4.08. The second kappa shape index (κ2) is 6.92. The minimum Gasteiger partial charge on any atom is -0.481 e. The van der Waals surface area contributed by atoms with Crippen LogP contribution in [0.15, 0.2) is 24.3 Å². The quantitative estimate of drug-likeness (QED) is 0.843. The number of carboxylic acid groups (broad SMARTS) is 1. The van der Waals surface area contributed by atoms with Gasteiger partial charge < -0.3 is 5.11 Å². The smallest absolute Gasteiger partial charge is 0.303 e. The van der Waals surface area contributed by atoms with Crippen molar-refractivity contribution >= 4 is 5.97 Å². The molecule has 1 N–H and O–H groups in total. The molecule has 0 saturated heterocycles. The molecular weight excluding hydrogens is 275 g/mol. The van der Waals surface area contributed by atoms with Gasteiger partial charge in [-0.2, -0.15) is 0 Å². The first-order chi connectivity index (χ1) is 10.1. The SMILES string of the molecule is CCC(CC(=O)O)Cn1nnnc1Cc1ccccc1F. The Balaban J connectivity index is 2.11. The van der Waals surface area contributed by atoms with Crippen LogP contribution < -0.4 is 0 Å². The topological polar surface area (TPSA) is 80.9 Å². The Bertz CT molecular complexity index is 615. The number of nitrogens with zero attached hydrogens (tertiary/aromatic N) is 4. The second-order valence-electron chi connectivity index (χ2n) is 4.92. The van der Waals surface area contributed by atoms with Gasteiger partial charge in [0.1, 0.15) is 5.82 Å². The lowest BCUT2D eigenvalue weighted by molar-refractivity contribution is -0.138. The van der Waals surface area contributed by atoms with E-state index in [1.165, 1.54) is 6.07 Å². The summed E-state index contributed by atoms with van der Waals surface area (Å²) in [6, 6.07) is 6.46. The molecule has 0 saturated carbocycles. The van der Waals surface area contributed by atoms with E-state index in [9.17, 15) is 9.18 Å². The summed E-state index contributed by atoms with van der Waals surface area (Å²) < 4.78 is 15.2. The van der Waals surface area contributed by atoms with E-state index in [4.69, 9.17) is 5.11 Å². The molecule has 1 atom stereocenters. The Labute approximate surface area is 121 Å². The highest BCUT2D eigenvalue weighted by Crippen LogP contribution is 2.14. The van der Waals surface area contributed by atoms with E-state index in [1.54, 1.807) is 22.9 Å². The number of halogens is 1. The predicted molar refractivity (Wildman–Crippen MR) is 73.1 cm³/mol. The van der Waals surface area contributed by atoms with Crippen LogP contribution in [0.1, 0.15) is 31.2 Å². The van der Waals surface area contributed by atoms with Crippen LogP contribution in [0.5, 0.6) is 0 Å². The van der Waals surface area contributed by atoms with Crippen molar-refractivity contribution in [2.24, 2.45) is 5.92 Å². The molecule has 21 heavy (non-hydrogen) atoms. The van der Waals surface area contributed by atoms with Crippen LogP contribution in [0.25, 0.3) is 0 Å². The molecule has 2 aromatic rings. The molecule has 0 fully saturated rings. The largest absolute Gasteiger partial charge is 0.481 e. The van der Waals surface area contributed by atoms with Crippen molar-refractivity contribution in [1.82, 2.24) is 20.2 Å². The molecule has 1 aromatic carbocycles. The van der Waals surface area contributed by atoms with Gasteiger partial charge in [0, 0.05) is 19.4 Å². The summed E-state index contributed by atoms with van der Waals surface area (Å²) in [5.74, 6) is -0.662. The van der Waals surface area contributed by atoms with E-state index < -0.39 is 5.97 Å². The molecule has 0 aliphatic rings. The van der Waals surface area contributed by atoms with Gasteiger partial charge in [0.2, 0.25) is 0 Å². The van der Waals surface area contributed by atoms with Gasteiger partial charge in [-0.1, -0.05) is 31.5 Å². The number of aromatic nitrogens is 4. The average molecular weight is 292 g/mol. The maximum atomic E-state index is 13.7. The zero-order chi connectivity index (χ0) is 15.2. The maximum absolute atomic E-state index is 13.7. The van der Waals surface area contributed by atoms with Crippen LogP contribution in [0.4, 0.5) is 4.39 Å². The molecule has 1 heterocycles. The number of benzene rings is 1. The van der Waals surface area contributed by atoms with Crippen molar-refractivity contribution in [3.63, 3.8) is 0 Å². The fraction of sp³-hybridized carbons (Fsp3) is 0.429. The minimum absolute atomic E-state index is 0.0506. The van der Waals surface area contributed by atoms with Crippen molar-refractivity contribution in [1.29, 1.82) is 0 Å². The normalized spacial score (nSPS) is 12.3. The monoisotopic (exact) mass is 292 g/mol. The molecule has 0 spiro atoms. The lowest BCUT2D eigenvalue weighted by Gasteiger charge is -2.13. The molecule has 112 valence electrons. The van der Waals surface area contributed by atoms with Gasteiger partial charge in [-0.05, 0) is 28.0 Å². The zero-order valence-corrected chi connectivity index (χ0v) is 11.7. The van der Waals surface area contributed by atoms with Crippen molar-refractivity contribution in [2.45, 2.75) is 32.7 Å². The highest BCUT2D eigenvalue weighted by molar-refractivity contribution is 5.66. The molecule has 7 heteroatoms. The number of carbonyl (C=O) groups is 1. The second-order valence-corrected chi connectivity index (χ2v) is 4.92. The molecule has 0 aliphatic heterocycles. The molecule has 0 amide bonds. The Morgan fingerprint density at radius 2 is 2.19 bits per heavy atom. The summed E-state index contributed by atoms with van der Waals surface area (Å²) in [4.78, 5) is 10.8. The van der Waals surface area contributed by atoms with Gasteiger partial charge in [0.05, 0.1) is 0 Å². The van der Waals surface area contributed by atoms with Crippen molar-refractivity contribution < 1.29 is 14.3 Å². The fourth-order valence-corrected chi connectivity index (χ4v) is 2.13. The summed E-state index contributed by atoms with van der Waals surface area (Å²) in [5, 5.41) is 20.3. The Morgan fingerprint density at radius 1 is 1.43 bits per heavy atom. The van der Waals surface area contributed by atoms with E-state index >= 15 is 0 Å². The number of carboxylic acids is 1. The lowest BCUT2D eigenvalue weighted by atomic mass is 10.0. The molecule has 0 aliphatic carbocycles. The summed E-state index contributed by atoms with van der Waals surface area (Å²) in [7, 11) is 0. The molecule has 0 radical (unpaired) electrons. The molecule has 1 aromatic heterocycles. The van der Waals surface area contributed by atoms with Crippen LogP contribution >= 0.6 is 0 Å². The maximum Gasteiger partial charge on any atom is 0.303 e. The van der Waals surface area contributed by atoms with E-state index in [0.29, 0.717) is 24.4 Å². The van der Waals surface area contributed by atoms with Crippen LogP contribution in [0.2, 0.25) is 0 Å². The molecule has 0 bridgehead atoms. The van der Waals surface area contributed by atoms with E-state index in [1.807, 2.05) is 6.92 Å². The van der Waals surface area contributed by atoms with Crippen LogP contribution in [-0.2, 0) is 17.8 Å². The van der Waals surface area contributed by atoms with Gasteiger partial charge >= 0.3 is 5.97 Å². The van der Waals surface area contributed by atoms with Crippen molar-refractivity contribution in [3.05, 3.63) is 41.5 Å². The summed E-state index contributed by atoms with van der Waals surface area (Å²) in [6.07, 6.45) is 1.06. The first-order valence-corrected chi connectivity index (χ1v) is 6.80. The van der Waals surface area contributed by atoms with E-state index in [-0.39, 0.29) is 24.6 Å². The highest BCUT2D eigenvalue weighted by Gasteiger charge is 2.16. The average Bonchev–Trinajstić information content (AvgIpc) is 2.87.